The summed E-state index contributed by atoms with van der Waals surface area (Å²) in [5.41, 5.74) is 5.92. The molecule has 21 heavy (non-hydrogen) atoms. The van der Waals surface area contributed by atoms with E-state index in [-0.39, 0.29) is 11.4 Å². The van der Waals surface area contributed by atoms with E-state index in [2.05, 4.69) is 4.72 Å². The molecular formula is C15H26N2O3S. The van der Waals surface area contributed by atoms with Crippen molar-refractivity contribution in [2.45, 2.75) is 57.0 Å². The van der Waals surface area contributed by atoms with Gasteiger partial charge in [-0.1, -0.05) is 20.8 Å². The minimum atomic E-state index is -3.57. The van der Waals surface area contributed by atoms with E-state index in [4.69, 9.17) is 10.5 Å². The van der Waals surface area contributed by atoms with Gasteiger partial charge in [-0.15, -0.1) is 0 Å². The van der Waals surface area contributed by atoms with Crippen molar-refractivity contribution in [2.24, 2.45) is 5.73 Å². The topological polar surface area (TPSA) is 81.4 Å². The van der Waals surface area contributed by atoms with Gasteiger partial charge in [0.05, 0.1) is 12.0 Å². The monoisotopic (exact) mass is 314 g/mol. The van der Waals surface area contributed by atoms with E-state index < -0.39 is 15.6 Å². The molecule has 1 rings (SSSR count). The number of nitrogens with one attached hydrogen (secondary N) is 1. The average Bonchev–Trinajstić information content (AvgIpc) is 2.51. The van der Waals surface area contributed by atoms with Gasteiger partial charge in [0.1, 0.15) is 5.75 Å². The zero-order valence-electron chi connectivity index (χ0n) is 13.3. The van der Waals surface area contributed by atoms with Gasteiger partial charge in [-0.05, 0) is 37.5 Å². The predicted molar refractivity (Wildman–Crippen MR) is 84.8 cm³/mol. The van der Waals surface area contributed by atoms with Gasteiger partial charge in [0, 0.05) is 17.6 Å². The molecule has 1 aromatic carbocycles. The van der Waals surface area contributed by atoms with Crippen LogP contribution in [0.2, 0.25) is 0 Å². The van der Waals surface area contributed by atoms with Crippen molar-refractivity contribution in [3.8, 4) is 5.75 Å². The van der Waals surface area contributed by atoms with Crippen LogP contribution in [0.25, 0.3) is 0 Å². The molecule has 0 spiro atoms. The number of rotatable bonds is 8. The lowest BCUT2D eigenvalue weighted by Gasteiger charge is -2.31. The molecule has 5 nitrogen and oxygen atoms in total. The standard InChI is InChI=1S/C15H26N2O3S/c1-5-15(6-2,7-3)17-21(18,19)13-8-9-14(20-4)12(10-13)11-16/h8-10,17H,5-7,11,16H2,1-4H3. The summed E-state index contributed by atoms with van der Waals surface area (Å²) in [6, 6.07) is 4.77. The summed E-state index contributed by atoms with van der Waals surface area (Å²) in [5.74, 6) is 0.601. The second-order valence-corrected chi connectivity index (χ2v) is 6.81. The van der Waals surface area contributed by atoms with Crippen molar-refractivity contribution in [1.82, 2.24) is 4.72 Å². The van der Waals surface area contributed by atoms with E-state index in [0.717, 1.165) is 19.3 Å². The highest BCUT2D eigenvalue weighted by atomic mass is 32.2. The lowest BCUT2D eigenvalue weighted by atomic mass is 9.91. The molecule has 0 saturated carbocycles. The normalized spacial score (nSPS) is 12.4. The van der Waals surface area contributed by atoms with Gasteiger partial charge in [-0.3, -0.25) is 0 Å². The summed E-state index contributed by atoms with van der Waals surface area (Å²) in [6.07, 6.45) is 2.25. The van der Waals surface area contributed by atoms with Gasteiger partial charge in [0.2, 0.25) is 10.0 Å². The highest BCUT2D eigenvalue weighted by Gasteiger charge is 2.30. The highest BCUT2D eigenvalue weighted by molar-refractivity contribution is 7.89. The van der Waals surface area contributed by atoms with Crippen molar-refractivity contribution >= 4 is 10.0 Å². The SMILES string of the molecule is CCC(CC)(CC)NS(=O)(=O)c1ccc(OC)c(CN)c1. The third-order valence-corrected chi connectivity index (χ3v) is 5.74. The second-order valence-electron chi connectivity index (χ2n) is 5.12. The Morgan fingerprint density at radius 1 is 1.19 bits per heavy atom. The van der Waals surface area contributed by atoms with Crippen LogP contribution in [0, 0.1) is 0 Å². The maximum Gasteiger partial charge on any atom is 0.241 e. The number of hydrogen-bond donors (Lipinski definition) is 2. The average molecular weight is 314 g/mol. The molecular weight excluding hydrogens is 288 g/mol. The first kappa shape index (κ1) is 17.9. The molecule has 0 atom stereocenters. The Balaban J connectivity index is 3.19. The Bertz CT molecular complexity index is 558. The summed E-state index contributed by atoms with van der Waals surface area (Å²) < 4.78 is 33.2. The molecule has 0 aliphatic rings. The number of ether oxygens (including phenoxy) is 1. The molecule has 0 fully saturated rings. The number of methoxy groups -OCH3 is 1. The maximum atomic E-state index is 12.6. The predicted octanol–water partition coefficient (Wildman–Crippen LogP) is 2.40. The van der Waals surface area contributed by atoms with E-state index in [1.807, 2.05) is 20.8 Å². The number of hydrogen-bond acceptors (Lipinski definition) is 4. The van der Waals surface area contributed by atoms with Crippen molar-refractivity contribution in [3.63, 3.8) is 0 Å². The molecule has 0 aliphatic carbocycles. The summed E-state index contributed by atoms with van der Waals surface area (Å²) >= 11 is 0. The molecule has 0 aromatic heterocycles. The van der Waals surface area contributed by atoms with Crippen molar-refractivity contribution < 1.29 is 13.2 Å². The fourth-order valence-corrected chi connectivity index (χ4v) is 4.06. The van der Waals surface area contributed by atoms with Crippen LogP contribution in [0.4, 0.5) is 0 Å². The van der Waals surface area contributed by atoms with Gasteiger partial charge in [0.25, 0.3) is 0 Å². The van der Waals surface area contributed by atoms with Gasteiger partial charge in [-0.25, -0.2) is 13.1 Å². The van der Waals surface area contributed by atoms with Crippen molar-refractivity contribution in [2.75, 3.05) is 7.11 Å². The first-order valence-electron chi connectivity index (χ1n) is 7.29. The van der Waals surface area contributed by atoms with Gasteiger partial charge in [0.15, 0.2) is 0 Å². The quantitative estimate of drug-likeness (QED) is 0.772. The van der Waals surface area contributed by atoms with Crippen LogP contribution in [0.15, 0.2) is 23.1 Å². The molecule has 0 bridgehead atoms. The van der Waals surface area contributed by atoms with Crippen LogP contribution in [-0.2, 0) is 16.6 Å². The van der Waals surface area contributed by atoms with Crippen LogP contribution in [0.1, 0.15) is 45.6 Å². The zero-order valence-corrected chi connectivity index (χ0v) is 14.1. The maximum absolute atomic E-state index is 12.6. The minimum Gasteiger partial charge on any atom is -0.496 e. The second kappa shape index (κ2) is 7.24. The molecule has 0 amide bonds. The molecule has 3 N–H and O–H groups in total. The van der Waals surface area contributed by atoms with E-state index in [1.165, 1.54) is 7.11 Å². The summed E-state index contributed by atoms with van der Waals surface area (Å²) in [7, 11) is -2.03. The zero-order chi connectivity index (χ0) is 16.1. The Hall–Kier alpha value is -1.11. The van der Waals surface area contributed by atoms with Gasteiger partial charge in [-0.2, -0.15) is 0 Å². The van der Waals surface area contributed by atoms with Gasteiger partial charge >= 0.3 is 0 Å². The van der Waals surface area contributed by atoms with Crippen LogP contribution >= 0.6 is 0 Å². The Morgan fingerprint density at radius 2 is 1.76 bits per heavy atom. The molecule has 120 valence electrons. The molecule has 0 radical (unpaired) electrons. The number of benzene rings is 1. The lowest BCUT2D eigenvalue weighted by molar-refractivity contribution is 0.341. The molecule has 0 aliphatic heterocycles. The largest absolute Gasteiger partial charge is 0.496 e. The molecule has 1 aromatic rings. The summed E-state index contributed by atoms with van der Waals surface area (Å²) in [5, 5.41) is 0. The molecule has 0 heterocycles. The molecule has 6 heteroatoms. The number of sulfonamides is 1. The lowest BCUT2D eigenvalue weighted by Crippen LogP contribution is -2.46. The first-order chi connectivity index (χ1) is 9.87. The third kappa shape index (κ3) is 3.96. The van der Waals surface area contributed by atoms with E-state index in [1.54, 1.807) is 18.2 Å². The highest BCUT2D eigenvalue weighted by Crippen LogP contribution is 2.26. The fourth-order valence-electron chi connectivity index (χ4n) is 2.39. The van der Waals surface area contributed by atoms with Crippen LogP contribution < -0.4 is 15.2 Å². The smallest absolute Gasteiger partial charge is 0.241 e. The van der Waals surface area contributed by atoms with Crippen LogP contribution in [0.5, 0.6) is 5.75 Å². The van der Waals surface area contributed by atoms with Crippen LogP contribution in [-0.4, -0.2) is 21.1 Å². The summed E-state index contributed by atoms with van der Waals surface area (Å²) in [4.78, 5) is 0.225. The van der Waals surface area contributed by atoms with E-state index in [0.29, 0.717) is 11.3 Å². The Kier molecular flexibility index (Phi) is 6.19. The van der Waals surface area contributed by atoms with Gasteiger partial charge < -0.3 is 10.5 Å². The van der Waals surface area contributed by atoms with Crippen molar-refractivity contribution in [1.29, 1.82) is 0 Å². The summed E-state index contributed by atoms with van der Waals surface area (Å²) in [6.45, 7) is 6.21. The number of nitrogens with two attached hydrogens (primary N) is 1. The van der Waals surface area contributed by atoms with Crippen molar-refractivity contribution in [3.05, 3.63) is 23.8 Å². The third-order valence-electron chi connectivity index (χ3n) is 4.16. The van der Waals surface area contributed by atoms with Crippen LogP contribution in [0.3, 0.4) is 0 Å². The van der Waals surface area contributed by atoms with E-state index in [9.17, 15) is 8.42 Å². The molecule has 0 saturated heterocycles. The van der Waals surface area contributed by atoms with E-state index >= 15 is 0 Å². The minimum absolute atomic E-state index is 0.225. The Morgan fingerprint density at radius 3 is 2.19 bits per heavy atom. The first-order valence-corrected chi connectivity index (χ1v) is 8.77. The fraction of sp³-hybridized carbons (Fsp3) is 0.600. The molecule has 0 unspecified atom stereocenters. The Labute approximate surface area is 127 Å².